The molecule has 4 rings (SSSR count). The third kappa shape index (κ3) is 5.64. The van der Waals surface area contributed by atoms with Gasteiger partial charge in [-0.15, -0.1) is 4.40 Å². The summed E-state index contributed by atoms with van der Waals surface area (Å²) in [5.74, 6) is 0.209. The molecule has 1 N–H and O–H groups in total. The van der Waals surface area contributed by atoms with E-state index >= 15 is 0 Å². The summed E-state index contributed by atoms with van der Waals surface area (Å²) in [7, 11) is -2.01. The van der Waals surface area contributed by atoms with Crippen LogP contribution in [0.4, 0.5) is 5.69 Å². The summed E-state index contributed by atoms with van der Waals surface area (Å²) in [4.78, 5) is 18.8. The highest BCUT2D eigenvalue weighted by Gasteiger charge is 2.18. The number of rotatable bonds is 5. The molecule has 1 saturated heterocycles. The van der Waals surface area contributed by atoms with Crippen LogP contribution in [0, 0.1) is 0 Å². The normalized spacial score (nSPS) is 16.3. The minimum Gasteiger partial charge on any atom is -0.362 e. The van der Waals surface area contributed by atoms with Crippen LogP contribution in [0.3, 0.4) is 0 Å². The minimum atomic E-state index is -3.88. The Bertz CT molecular complexity index is 1330. The zero-order valence-electron chi connectivity index (χ0n) is 18.4. The molecular weight excluding hydrogens is 436 g/mol. The van der Waals surface area contributed by atoms with Gasteiger partial charge in [-0.1, -0.05) is 36.8 Å². The third-order valence-electron chi connectivity index (χ3n) is 5.54. The van der Waals surface area contributed by atoms with Gasteiger partial charge in [-0.05, 0) is 43.2 Å². The zero-order chi connectivity index (χ0) is 23.3. The number of carbonyl (C=O) groups is 1. The van der Waals surface area contributed by atoms with Gasteiger partial charge >= 0.3 is 0 Å². The molecule has 1 amide bonds. The van der Waals surface area contributed by atoms with Crippen molar-refractivity contribution < 1.29 is 13.2 Å². The summed E-state index contributed by atoms with van der Waals surface area (Å²) >= 11 is 0. The summed E-state index contributed by atoms with van der Waals surface area (Å²) in [6.45, 7) is 0.795. The summed E-state index contributed by atoms with van der Waals surface area (Å²) in [5, 5.41) is 3.71. The average molecular weight is 463 g/mol. The molecule has 0 atom stereocenters. The van der Waals surface area contributed by atoms with Crippen LogP contribution >= 0.6 is 0 Å². The second kappa shape index (κ2) is 9.95. The van der Waals surface area contributed by atoms with Crippen molar-refractivity contribution in [3.8, 4) is 0 Å². The number of aromatic nitrogens is 1. The second-order valence-corrected chi connectivity index (χ2v) is 9.59. The molecule has 0 spiro atoms. The quantitative estimate of drug-likeness (QED) is 0.565. The van der Waals surface area contributed by atoms with Gasteiger partial charge in [-0.25, -0.2) is 0 Å². The molecule has 0 radical (unpaired) electrons. The van der Waals surface area contributed by atoms with E-state index < -0.39 is 10.0 Å². The number of likely N-dealkylation sites (tertiary alicyclic amines) is 1. The van der Waals surface area contributed by atoms with Crippen molar-refractivity contribution in [2.45, 2.75) is 30.6 Å². The molecule has 1 fully saturated rings. The Balaban J connectivity index is 1.50. The number of hydrogen-bond acceptors (Lipinski definition) is 4. The minimum absolute atomic E-state index is 0.0488. The van der Waals surface area contributed by atoms with Gasteiger partial charge in [0.15, 0.2) is 0 Å². The Morgan fingerprint density at radius 2 is 1.91 bits per heavy atom. The van der Waals surface area contributed by atoms with Crippen molar-refractivity contribution in [2.75, 3.05) is 18.9 Å². The fourth-order valence-corrected chi connectivity index (χ4v) is 4.92. The Labute approximate surface area is 193 Å². The van der Waals surface area contributed by atoms with E-state index in [-0.39, 0.29) is 10.8 Å². The van der Waals surface area contributed by atoms with Crippen molar-refractivity contribution in [1.82, 2.24) is 9.88 Å². The predicted octanol–water partition coefficient (Wildman–Crippen LogP) is 4.48. The Morgan fingerprint density at radius 1 is 1.09 bits per heavy atom. The number of nitrogens with zero attached hydrogens (tertiary/aromatic N) is 3. The molecule has 1 aromatic heterocycles. The maximum atomic E-state index is 12.9. The largest absolute Gasteiger partial charge is 0.362 e. The molecule has 1 aliphatic heterocycles. The molecule has 170 valence electrons. The average Bonchev–Trinajstić information content (AvgIpc) is 3.01. The van der Waals surface area contributed by atoms with E-state index in [4.69, 9.17) is 0 Å². The number of fused-ring (bicyclic) bond motifs is 1. The van der Waals surface area contributed by atoms with E-state index in [2.05, 4.69) is 14.7 Å². The Kier molecular flexibility index (Phi) is 6.84. The van der Waals surface area contributed by atoms with Crippen LogP contribution in [0.15, 0.2) is 76.2 Å². The second-order valence-electron chi connectivity index (χ2n) is 7.99. The van der Waals surface area contributed by atoms with Crippen molar-refractivity contribution in [3.63, 3.8) is 0 Å². The number of nitrogens with one attached hydrogen (secondary N) is 1. The first-order valence-electron chi connectivity index (χ1n) is 10.9. The van der Waals surface area contributed by atoms with Gasteiger partial charge in [-0.3, -0.25) is 9.78 Å². The molecule has 0 saturated carbocycles. The predicted molar refractivity (Wildman–Crippen MR) is 132 cm³/mol. The smallest absolute Gasteiger partial charge is 0.284 e. The lowest BCUT2D eigenvalue weighted by Crippen LogP contribution is -2.26. The summed E-state index contributed by atoms with van der Waals surface area (Å²) in [6.07, 6.45) is 8.46. The number of anilines is 1. The monoisotopic (exact) mass is 462 g/mol. The van der Waals surface area contributed by atoms with Gasteiger partial charge in [0.2, 0.25) is 5.91 Å². The molecule has 0 unspecified atom stereocenters. The number of carbonyl (C=O) groups excluding carboxylic acids is 1. The number of amides is 1. The molecule has 1 aliphatic rings. The fraction of sp³-hybridized carbons (Fsp3) is 0.240. The molecule has 7 nitrogen and oxygen atoms in total. The molecule has 33 heavy (non-hydrogen) atoms. The highest BCUT2D eigenvalue weighted by molar-refractivity contribution is 7.90. The molecule has 3 aromatic rings. The standard InChI is InChI=1S/C25H26N4O3S/c1-29-17-4-2-3-13-23(29)28-33(31,32)22-12-6-11-21(18-22)27-24(30)15-14-20-9-5-8-19-10-7-16-26-25(19)20/h5-12,14-16,18H,2-4,13,17H2,1H3,(H,27,30). The van der Waals surface area contributed by atoms with Crippen LogP contribution in [0.2, 0.25) is 0 Å². The Morgan fingerprint density at radius 3 is 2.79 bits per heavy atom. The van der Waals surface area contributed by atoms with Gasteiger partial charge < -0.3 is 10.2 Å². The van der Waals surface area contributed by atoms with E-state index in [1.54, 1.807) is 24.4 Å². The maximum absolute atomic E-state index is 12.9. The van der Waals surface area contributed by atoms with Gasteiger partial charge in [0.05, 0.1) is 10.4 Å². The van der Waals surface area contributed by atoms with Gasteiger partial charge in [0, 0.05) is 48.9 Å². The van der Waals surface area contributed by atoms with E-state index in [0.29, 0.717) is 17.9 Å². The maximum Gasteiger partial charge on any atom is 0.284 e. The molecule has 2 aromatic carbocycles. The fourth-order valence-electron chi connectivity index (χ4n) is 3.78. The number of sulfonamides is 1. The topological polar surface area (TPSA) is 91.7 Å². The van der Waals surface area contributed by atoms with Crippen molar-refractivity contribution in [1.29, 1.82) is 0 Å². The lowest BCUT2D eigenvalue weighted by molar-refractivity contribution is -0.111. The first kappa shape index (κ1) is 22.7. The van der Waals surface area contributed by atoms with Crippen LogP contribution < -0.4 is 5.32 Å². The van der Waals surface area contributed by atoms with Gasteiger partial charge in [-0.2, -0.15) is 8.42 Å². The van der Waals surface area contributed by atoms with Crippen LogP contribution in [-0.2, 0) is 14.8 Å². The summed E-state index contributed by atoms with van der Waals surface area (Å²) in [5.41, 5.74) is 2.01. The number of pyridine rings is 1. The molecule has 0 bridgehead atoms. The Hall–Kier alpha value is -3.52. The third-order valence-corrected chi connectivity index (χ3v) is 6.84. The number of para-hydroxylation sites is 1. The molecular formula is C25H26N4O3S. The van der Waals surface area contributed by atoms with E-state index in [1.165, 1.54) is 18.2 Å². The van der Waals surface area contributed by atoms with Crippen molar-refractivity contribution in [3.05, 3.63) is 72.4 Å². The molecule has 0 aliphatic carbocycles. The van der Waals surface area contributed by atoms with Crippen LogP contribution in [0.1, 0.15) is 31.2 Å². The van der Waals surface area contributed by atoms with Crippen LogP contribution in [0.5, 0.6) is 0 Å². The SMILES string of the molecule is CN1CCCCCC1=NS(=O)(=O)c1cccc(NC(=O)C=Cc2cccc3cccnc23)c1. The van der Waals surface area contributed by atoms with Gasteiger partial charge in [0.1, 0.15) is 5.84 Å². The summed E-state index contributed by atoms with van der Waals surface area (Å²) in [6, 6.07) is 15.7. The molecule has 2 heterocycles. The lowest BCUT2D eigenvalue weighted by Gasteiger charge is -2.17. The van der Waals surface area contributed by atoms with E-state index in [0.717, 1.165) is 42.3 Å². The van der Waals surface area contributed by atoms with Gasteiger partial charge in [0.25, 0.3) is 10.0 Å². The number of amidine groups is 1. The lowest BCUT2D eigenvalue weighted by atomic mass is 10.1. The van der Waals surface area contributed by atoms with E-state index in [9.17, 15) is 13.2 Å². The van der Waals surface area contributed by atoms with Crippen LogP contribution in [-0.4, -0.2) is 43.6 Å². The van der Waals surface area contributed by atoms with E-state index in [1.807, 2.05) is 42.3 Å². The van der Waals surface area contributed by atoms with Crippen LogP contribution in [0.25, 0.3) is 17.0 Å². The molecule has 8 heteroatoms. The highest BCUT2D eigenvalue weighted by atomic mass is 32.2. The zero-order valence-corrected chi connectivity index (χ0v) is 19.3. The first-order chi connectivity index (χ1) is 15.9. The van der Waals surface area contributed by atoms with Crippen molar-refractivity contribution in [2.24, 2.45) is 4.40 Å². The van der Waals surface area contributed by atoms with Crippen molar-refractivity contribution >= 4 is 44.4 Å². The number of benzene rings is 2. The number of hydrogen-bond donors (Lipinski definition) is 1. The summed E-state index contributed by atoms with van der Waals surface area (Å²) < 4.78 is 29.9. The highest BCUT2D eigenvalue weighted by Crippen LogP contribution is 2.21. The first-order valence-corrected chi connectivity index (χ1v) is 12.3.